The molecule has 3 aromatic rings. The number of imidazole rings is 1. The lowest BCUT2D eigenvalue weighted by Gasteiger charge is -2.36. The number of nitrogens with zero attached hydrogens (tertiary/aromatic N) is 3. The van der Waals surface area contributed by atoms with Crippen LogP contribution in [0.2, 0.25) is 0 Å². The predicted molar refractivity (Wildman–Crippen MR) is 239 cm³/mol. The Morgan fingerprint density at radius 2 is 1.61 bits per heavy atom. The van der Waals surface area contributed by atoms with Gasteiger partial charge in [-0.1, -0.05) is 103 Å². The normalized spacial score (nSPS) is 16.8. The monoisotopic (exact) mass is 858 g/mol. The first kappa shape index (κ1) is 49.5. The zero-order valence-corrected chi connectivity index (χ0v) is 37.7. The van der Waals surface area contributed by atoms with Gasteiger partial charge in [-0.2, -0.15) is 0 Å². The van der Waals surface area contributed by atoms with E-state index < -0.39 is 59.4 Å². The first-order chi connectivity index (χ1) is 29.5. The van der Waals surface area contributed by atoms with Gasteiger partial charge in [-0.25, -0.2) is 4.98 Å². The van der Waals surface area contributed by atoms with Crippen molar-refractivity contribution in [2.75, 3.05) is 7.05 Å². The third-order valence-corrected chi connectivity index (χ3v) is 12.3. The number of likely N-dealkylation sites (N-methyl/N-ethyl adjacent to an activating group) is 1. The van der Waals surface area contributed by atoms with Crippen LogP contribution in [0.5, 0.6) is 0 Å². The molecule has 0 aliphatic heterocycles. The van der Waals surface area contributed by atoms with E-state index in [1.54, 1.807) is 32.3 Å². The minimum atomic E-state index is -1.27. The highest BCUT2D eigenvalue weighted by molar-refractivity contribution is 5.94. The summed E-state index contributed by atoms with van der Waals surface area (Å²) >= 11 is 0. The Kier molecular flexibility index (Phi) is 19.1. The van der Waals surface area contributed by atoms with Gasteiger partial charge < -0.3 is 42.0 Å². The number of hydrogen-bond donors (Lipinski definition) is 7. The molecule has 15 heteroatoms. The maximum atomic E-state index is 14.7. The van der Waals surface area contributed by atoms with Crippen molar-refractivity contribution in [3.63, 3.8) is 0 Å². The van der Waals surface area contributed by atoms with E-state index in [4.69, 9.17) is 5.73 Å². The third-order valence-electron chi connectivity index (χ3n) is 12.3. The molecular weight excluding hydrogens is 787 g/mol. The molecule has 8 N–H and O–H groups in total. The minimum Gasteiger partial charge on any atom is -0.391 e. The fourth-order valence-corrected chi connectivity index (χ4v) is 8.04. The van der Waals surface area contributed by atoms with Crippen LogP contribution >= 0.6 is 0 Å². The van der Waals surface area contributed by atoms with Crippen LogP contribution in [0.15, 0.2) is 67.3 Å². The molecule has 1 saturated carbocycles. The number of pyridine rings is 1. The van der Waals surface area contributed by atoms with Gasteiger partial charge >= 0.3 is 0 Å². The first-order valence-electron chi connectivity index (χ1n) is 22.3. The van der Waals surface area contributed by atoms with Crippen LogP contribution in [0, 0.1) is 23.7 Å². The molecular formula is C47H71N9O6. The second kappa shape index (κ2) is 23.9. The lowest BCUT2D eigenvalue weighted by molar-refractivity contribution is -0.143. The van der Waals surface area contributed by atoms with Crippen molar-refractivity contribution in [2.24, 2.45) is 29.4 Å². The van der Waals surface area contributed by atoms with E-state index in [0.29, 0.717) is 24.2 Å². The number of benzene rings is 1. The molecule has 2 heterocycles. The average molecular weight is 858 g/mol. The minimum absolute atomic E-state index is 0.0317. The number of aromatic nitrogens is 3. The number of aliphatic hydroxyl groups excluding tert-OH is 1. The van der Waals surface area contributed by atoms with Crippen molar-refractivity contribution in [3.05, 3.63) is 84.2 Å². The SMILES string of the molecule is CC[C@H](C)[C@H](NC(=O)[C@@H](C[C@H](O)[C@H](CC1CCCCC1)NC(=O)[C@H](Cc1cnc[nH]1)N(C)C(=O)[C@H](Cc1ccccc1)NC(=O)C(C)(C)N)C(C)C)C(=O)NCc1ccccn1. The molecule has 1 aromatic carbocycles. The topological polar surface area (TPSA) is 225 Å². The molecule has 4 rings (SSSR count). The molecule has 15 nitrogen and oxygen atoms in total. The summed E-state index contributed by atoms with van der Waals surface area (Å²) in [6.07, 6.45) is 10.1. The second-order valence-corrected chi connectivity index (χ2v) is 18.1. The van der Waals surface area contributed by atoms with Crippen molar-refractivity contribution >= 4 is 29.5 Å². The van der Waals surface area contributed by atoms with Gasteiger partial charge in [0.15, 0.2) is 0 Å². The summed E-state index contributed by atoms with van der Waals surface area (Å²) in [6, 6.07) is 11.1. The number of carbonyl (C=O) groups is 5. The molecule has 340 valence electrons. The maximum absolute atomic E-state index is 14.7. The van der Waals surface area contributed by atoms with Gasteiger partial charge in [0, 0.05) is 43.9 Å². The quantitative estimate of drug-likeness (QED) is 0.0732. The molecule has 0 unspecified atom stereocenters. The standard InChI is InChI=1S/C47H71N9O6/c1-8-31(4)41(44(60)51-28-34-21-15-16-22-50-34)55-42(58)36(30(2)3)26-40(57)37(23-32-17-11-9-12-18-32)53-43(59)39(25-35-27-49-29-52-35)56(7)45(61)38(54-46(62)47(5,6)48)24-33-19-13-10-14-20-33/h10,13-16,19-22,27,29-32,36-41,57H,8-9,11-12,17-18,23-26,28,48H2,1-7H3,(H,49,52)(H,51,60)(H,53,59)(H,54,62)(H,55,58)/t31-,36-,37-,38-,39-,40-,41-/m0/s1. The fourth-order valence-electron chi connectivity index (χ4n) is 8.04. The lowest BCUT2D eigenvalue weighted by atomic mass is 9.81. The van der Waals surface area contributed by atoms with Crippen molar-refractivity contribution in [3.8, 4) is 0 Å². The smallest absolute Gasteiger partial charge is 0.245 e. The number of nitrogens with one attached hydrogen (secondary N) is 5. The summed E-state index contributed by atoms with van der Waals surface area (Å²) in [4.78, 5) is 82.8. The van der Waals surface area contributed by atoms with Crippen molar-refractivity contribution in [1.82, 2.24) is 41.1 Å². The van der Waals surface area contributed by atoms with E-state index in [-0.39, 0.29) is 55.4 Å². The number of aromatic amines is 1. The van der Waals surface area contributed by atoms with E-state index in [0.717, 1.165) is 37.7 Å². The van der Waals surface area contributed by atoms with E-state index in [9.17, 15) is 29.1 Å². The summed E-state index contributed by atoms with van der Waals surface area (Å²) in [6.45, 7) is 11.0. The van der Waals surface area contributed by atoms with Crippen molar-refractivity contribution < 1.29 is 29.1 Å². The largest absolute Gasteiger partial charge is 0.391 e. The molecule has 1 aliphatic carbocycles. The molecule has 7 atom stereocenters. The summed E-state index contributed by atoms with van der Waals surface area (Å²) in [7, 11) is 1.53. The van der Waals surface area contributed by atoms with Crippen LogP contribution in [-0.4, -0.2) is 97.4 Å². The van der Waals surface area contributed by atoms with Crippen LogP contribution in [0.25, 0.3) is 0 Å². The highest BCUT2D eigenvalue weighted by Gasteiger charge is 2.38. The number of amides is 5. The van der Waals surface area contributed by atoms with E-state index in [1.807, 2.05) is 70.2 Å². The number of carbonyl (C=O) groups excluding carboxylic acids is 5. The van der Waals surface area contributed by atoms with Crippen molar-refractivity contribution in [2.45, 2.75) is 148 Å². The van der Waals surface area contributed by atoms with Crippen LogP contribution in [0.3, 0.4) is 0 Å². The van der Waals surface area contributed by atoms with E-state index in [2.05, 4.69) is 36.2 Å². The van der Waals surface area contributed by atoms with E-state index in [1.165, 1.54) is 18.3 Å². The van der Waals surface area contributed by atoms with Gasteiger partial charge in [-0.05, 0) is 62.1 Å². The fraction of sp³-hybridized carbons (Fsp3) is 0.596. The zero-order chi connectivity index (χ0) is 45.4. The molecule has 1 aliphatic rings. The second-order valence-electron chi connectivity index (χ2n) is 18.1. The van der Waals surface area contributed by atoms with Gasteiger partial charge in [0.2, 0.25) is 29.5 Å². The van der Waals surface area contributed by atoms with Crippen LogP contribution < -0.4 is 27.0 Å². The number of aliphatic hydroxyl groups is 1. The first-order valence-corrected chi connectivity index (χ1v) is 22.3. The number of H-pyrrole nitrogens is 1. The summed E-state index contributed by atoms with van der Waals surface area (Å²) in [5, 5.41) is 24.0. The Bertz CT molecular complexity index is 1850. The maximum Gasteiger partial charge on any atom is 0.245 e. The molecule has 5 amide bonds. The molecule has 0 spiro atoms. The third kappa shape index (κ3) is 15.0. The molecule has 2 aromatic heterocycles. The predicted octanol–water partition coefficient (Wildman–Crippen LogP) is 3.96. The summed E-state index contributed by atoms with van der Waals surface area (Å²) < 4.78 is 0. The zero-order valence-electron chi connectivity index (χ0n) is 37.7. The van der Waals surface area contributed by atoms with Gasteiger partial charge in [-0.3, -0.25) is 29.0 Å². The Labute approximate surface area is 367 Å². The molecule has 1 fully saturated rings. The van der Waals surface area contributed by atoms with Crippen LogP contribution in [0.1, 0.15) is 110 Å². The molecule has 0 radical (unpaired) electrons. The summed E-state index contributed by atoms with van der Waals surface area (Å²) in [5.74, 6) is -3.01. The molecule has 0 saturated heterocycles. The van der Waals surface area contributed by atoms with Crippen LogP contribution in [0.4, 0.5) is 0 Å². The van der Waals surface area contributed by atoms with Gasteiger partial charge in [0.25, 0.3) is 0 Å². The highest BCUT2D eigenvalue weighted by atomic mass is 16.3. The average Bonchev–Trinajstić information content (AvgIpc) is 3.78. The van der Waals surface area contributed by atoms with Gasteiger partial charge in [-0.15, -0.1) is 0 Å². The Hall–Kier alpha value is -5.15. The lowest BCUT2D eigenvalue weighted by Crippen LogP contribution is -2.60. The number of rotatable bonds is 23. The summed E-state index contributed by atoms with van der Waals surface area (Å²) in [5.41, 5.74) is 6.98. The Morgan fingerprint density at radius 3 is 2.21 bits per heavy atom. The Balaban J connectivity index is 1.59. The number of hydrogen-bond acceptors (Lipinski definition) is 9. The Morgan fingerprint density at radius 1 is 0.919 bits per heavy atom. The highest BCUT2D eigenvalue weighted by Crippen LogP contribution is 2.30. The van der Waals surface area contributed by atoms with E-state index >= 15 is 0 Å². The molecule has 62 heavy (non-hydrogen) atoms. The van der Waals surface area contributed by atoms with Crippen molar-refractivity contribution in [1.29, 1.82) is 0 Å². The van der Waals surface area contributed by atoms with Gasteiger partial charge in [0.1, 0.15) is 18.1 Å². The van der Waals surface area contributed by atoms with Gasteiger partial charge in [0.05, 0.1) is 36.3 Å². The number of nitrogens with two attached hydrogens (primary N) is 1. The van der Waals surface area contributed by atoms with Crippen LogP contribution in [-0.2, 0) is 43.4 Å². The molecule has 0 bridgehead atoms.